The molecule has 0 unspecified atom stereocenters. The number of aldehydes is 1. The Bertz CT molecular complexity index is 830. The van der Waals surface area contributed by atoms with Crippen molar-refractivity contribution in [2.75, 3.05) is 5.73 Å². The average molecular weight is 291 g/mol. The van der Waals surface area contributed by atoms with Gasteiger partial charge in [-0.05, 0) is 23.8 Å². The fourth-order valence-corrected chi connectivity index (χ4v) is 2.20. The quantitative estimate of drug-likeness (QED) is 0.724. The van der Waals surface area contributed by atoms with Crippen molar-refractivity contribution < 1.29 is 9.90 Å². The van der Waals surface area contributed by atoms with Gasteiger partial charge < -0.3 is 10.8 Å². The van der Waals surface area contributed by atoms with Crippen LogP contribution >= 0.6 is 0 Å². The zero-order chi connectivity index (χ0) is 15.5. The summed E-state index contributed by atoms with van der Waals surface area (Å²) in [5, 5.41) is 17.9. The zero-order valence-corrected chi connectivity index (χ0v) is 11.6. The van der Waals surface area contributed by atoms with E-state index in [9.17, 15) is 9.90 Å². The average Bonchev–Trinajstić information content (AvgIpc) is 2.56. The van der Waals surface area contributed by atoms with Gasteiger partial charge in [-0.3, -0.25) is 4.79 Å². The number of carbonyl (C=O) groups is 1. The molecule has 3 rings (SSSR count). The van der Waals surface area contributed by atoms with E-state index >= 15 is 0 Å². The Balaban J connectivity index is 2.10. The molecular formula is C17H13N3O2. The Morgan fingerprint density at radius 1 is 0.955 bits per heavy atom. The Labute approximate surface area is 127 Å². The summed E-state index contributed by atoms with van der Waals surface area (Å²) in [4.78, 5) is 10.7. The summed E-state index contributed by atoms with van der Waals surface area (Å²) in [6.07, 6.45) is 0.783. The Kier molecular flexibility index (Phi) is 3.53. The monoisotopic (exact) mass is 291 g/mol. The fourth-order valence-electron chi connectivity index (χ4n) is 2.20. The fraction of sp³-hybridized carbons (Fsp3) is 0. The highest BCUT2D eigenvalue weighted by molar-refractivity contribution is 5.81. The number of rotatable bonds is 3. The number of hydrogen-bond acceptors (Lipinski definition) is 5. The predicted molar refractivity (Wildman–Crippen MR) is 84.4 cm³/mol. The van der Waals surface area contributed by atoms with Gasteiger partial charge in [0.1, 0.15) is 12.0 Å². The molecule has 5 nitrogen and oxygen atoms in total. The molecule has 0 atom stereocenters. The van der Waals surface area contributed by atoms with Gasteiger partial charge in [0.25, 0.3) is 0 Å². The maximum Gasteiger partial charge on any atom is 0.154 e. The molecule has 0 saturated heterocycles. The van der Waals surface area contributed by atoms with Crippen molar-refractivity contribution in [3.63, 3.8) is 0 Å². The molecule has 0 saturated carbocycles. The van der Waals surface area contributed by atoms with Crippen molar-refractivity contribution in [3.05, 3.63) is 60.2 Å². The van der Waals surface area contributed by atoms with E-state index in [-0.39, 0.29) is 11.6 Å². The van der Waals surface area contributed by atoms with Crippen molar-refractivity contribution in [1.29, 1.82) is 0 Å². The standard InChI is InChI=1S/C17H13N3O2/c18-17-14(12-7-5-11(10-21)6-8-12)9-15(19-20-17)13-3-1-2-4-16(13)22/h1-10,22H,(H2,18,20). The van der Waals surface area contributed by atoms with E-state index in [1.807, 2.05) is 6.07 Å². The molecule has 0 fully saturated rings. The van der Waals surface area contributed by atoms with Crippen molar-refractivity contribution in [1.82, 2.24) is 10.2 Å². The van der Waals surface area contributed by atoms with Gasteiger partial charge >= 0.3 is 0 Å². The molecule has 22 heavy (non-hydrogen) atoms. The van der Waals surface area contributed by atoms with Crippen molar-refractivity contribution in [2.24, 2.45) is 0 Å². The van der Waals surface area contributed by atoms with E-state index in [1.54, 1.807) is 48.5 Å². The van der Waals surface area contributed by atoms with E-state index in [2.05, 4.69) is 10.2 Å². The second-order valence-electron chi connectivity index (χ2n) is 4.79. The van der Waals surface area contributed by atoms with Gasteiger partial charge in [0.15, 0.2) is 5.82 Å². The van der Waals surface area contributed by atoms with E-state index in [4.69, 9.17) is 5.73 Å². The molecule has 1 aromatic heterocycles. The highest BCUT2D eigenvalue weighted by Crippen LogP contribution is 2.31. The summed E-state index contributed by atoms with van der Waals surface area (Å²) in [5.41, 5.74) is 9.13. The molecule has 3 aromatic rings. The molecule has 3 N–H and O–H groups in total. The summed E-state index contributed by atoms with van der Waals surface area (Å²) in [6, 6.07) is 15.7. The zero-order valence-electron chi connectivity index (χ0n) is 11.6. The third-order valence-electron chi connectivity index (χ3n) is 3.36. The number of phenolic OH excluding ortho intramolecular Hbond substituents is 1. The van der Waals surface area contributed by atoms with Gasteiger partial charge in [-0.15, -0.1) is 10.2 Å². The molecule has 0 aliphatic carbocycles. The van der Waals surface area contributed by atoms with Crippen LogP contribution in [0.4, 0.5) is 5.82 Å². The van der Waals surface area contributed by atoms with Gasteiger partial charge in [0, 0.05) is 16.7 Å². The van der Waals surface area contributed by atoms with Crippen LogP contribution in [0.15, 0.2) is 54.6 Å². The molecule has 0 aliphatic rings. The summed E-state index contributed by atoms with van der Waals surface area (Å²) in [6.45, 7) is 0. The first-order chi connectivity index (χ1) is 10.7. The van der Waals surface area contributed by atoms with Crippen LogP contribution in [0.2, 0.25) is 0 Å². The lowest BCUT2D eigenvalue weighted by Crippen LogP contribution is -1.98. The lowest BCUT2D eigenvalue weighted by atomic mass is 10.0. The van der Waals surface area contributed by atoms with Gasteiger partial charge in [0.2, 0.25) is 0 Å². The number of para-hydroxylation sites is 1. The number of nitrogens with two attached hydrogens (primary N) is 1. The summed E-state index contributed by atoms with van der Waals surface area (Å²) < 4.78 is 0. The molecule has 0 amide bonds. The molecule has 0 spiro atoms. The number of anilines is 1. The van der Waals surface area contributed by atoms with E-state index in [0.717, 1.165) is 11.8 Å². The lowest BCUT2D eigenvalue weighted by Gasteiger charge is -2.08. The van der Waals surface area contributed by atoms with Crippen LogP contribution in [0.3, 0.4) is 0 Å². The van der Waals surface area contributed by atoms with Crippen LogP contribution in [0.25, 0.3) is 22.4 Å². The second kappa shape index (κ2) is 5.65. The first kappa shape index (κ1) is 13.8. The number of benzene rings is 2. The minimum atomic E-state index is 0.129. The number of aromatic nitrogens is 2. The third kappa shape index (κ3) is 2.52. The molecule has 1 heterocycles. The van der Waals surface area contributed by atoms with Gasteiger partial charge in [-0.1, -0.05) is 36.4 Å². The van der Waals surface area contributed by atoms with Crippen molar-refractivity contribution >= 4 is 12.1 Å². The predicted octanol–water partition coefficient (Wildman–Crippen LogP) is 2.91. The smallest absolute Gasteiger partial charge is 0.154 e. The molecule has 2 aromatic carbocycles. The Morgan fingerprint density at radius 3 is 2.36 bits per heavy atom. The number of carbonyl (C=O) groups excluding carboxylic acids is 1. The first-order valence-corrected chi connectivity index (χ1v) is 6.66. The Morgan fingerprint density at radius 2 is 1.68 bits per heavy atom. The SMILES string of the molecule is Nc1nnc(-c2ccccc2O)cc1-c1ccc(C=O)cc1. The molecule has 0 radical (unpaired) electrons. The van der Waals surface area contributed by atoms with Crippen LogP contribution in [0.5, 0.6) is 5.75 Å². The van der Waals surface area contributed by atoms with Crippen LogP contribution in [-0.2, 0) is 0 Å². The minimum absolute atomic E-state index is 0.129. The number of aromatic hydroxyl groups is 1. The highest BCUT2D eigenvalue weighted by Gasteiger charge is 2.11. The number of hydrogen-bond donors (Lipinski definition) is 2. The minimum Gasteiger partial charge on any atom is -0.507 e. The summed E-state index contributed by atoms with van der Waals surface area (Å²) >= 11 is 0. The van der Waals surface area contributed by atoms with Crippen LogP contribution in [0, 0.1) is 0 Å². The van der Waals surface area contributed by atoms with E-state index < -0.39 is 0 Å². The number of nitrogens with zero attached hydrogens (tertiary/aromatic N) is 2. The van der Waals surface area contributed by atoms with Crippen LogP contribution in [0.1, 0.15) is 10.4 Å². The van der Waals surface area contributed by atoms with Crippen LogP contribution < -0.4 is 5.73 Å². The number of nitrogen functional groups attached to an aromatic ring is 1. The topological polar surface area (TPSA) is 89.1 Å². The van der Waals surface area contributed by atoms with Gasteiger partial charge in [-0.2, -0.15) is 0 Å². The summed E-state index contributed by atoms with van der Waals surface area (Å²) in [5.74, 6) is 0.418. The maximum atomic E-state index is 10.7. The molecule has 0 bridgehead atoms. The third-order valence-corrected chi connectivity index (χ3v) is 3.36. The van der Waals surface area contributed by atoms with Crippen molar-refractivity contribution in [2.45, 2.75) is 0 Å². The Hall–Kier alpha value is -3.21. The van der Waals surface area contributed by atoms with Crippen LogP contribution in [-0.4, -0.2) is 21.6 Å². The summed E-state index contributed by atoms with van der Waals surface area (Å²) in [7, 11) is 0. The van der Waals surface area contributed by atoms with Crippen molar-refractivity contribution in [3.8, 4) is 28.1 Å². The van der Waals surface area contributed by atoms with Gasteiger partial charge in [0.05, 0.1) is 5.69 Å². The lowest BCUT2D eigenvalue weighted by molar-refractivity contribution is 0.112. The molecule has 108 valence electrons. The van der Waals surface area contributed by atoms with E-state index in [0.29, 0.717) is 22.4 Å². The number of phenols is 1. The molecule has 5 heteroatoms. The maximum absolute atomic E-state index is 10.7. The van der Waals surface area contributed by atoms with Gasteiger partial charge in [-0.25, -0.2) is 0 Å². The highest BCUT2D eigenvalue weighted by atomic mass is 16.3. The van der Waals surface area contributed by atoms with E-state index in [1.165, 1.54) is 0 Å². The largest absolute Gasteiger partial charge is 0.507 e. The molecule has 0 aliphatic heterocycles. The molecular weight excluding hydrogens is 278 g/mol. The second-order valence-corrected chi connectivity index (χ2v) is 4.79. The normalized spacial score (nSPS) is 10.4. The first-order valence-electron chi connectivity index (χ1n) is 6.66.